The highest BCUT2D eigenvalue weighted by molar-refractivity contribution is 5.96. The van der Waals surface area contributed by atoms with Crippen LogP contribution in [-0.4, -0.2) is 34.8 Å². The van der Waals surface area contributed by atoms with Crippen molar-refractivity contribution in [3.8, 4) is 0 Å². The Morgan fingerprint density at radius 1 is 1.28 bits per heavy atom. The molecular formula is C19H25N3O3. The van der Waals surface area contributed by atoms with Crippen molar-refractivity contribution in [2.75, 3.05) is 7.11 Å². The molecule has 0 aliphatic heterocycles. The molecule has 6 nitrogen and oxygen atoms in total. The van der Waals surface area contributed by atoms with Gasteiger partial charge in [-0.05, 0) is 44.4 Å². The molecule has 134 valence electrons. The molecule has 2 aromatic rings. The Morgan fingerprint density at radius 3 is 2.56 bits per heavy atom. The van der Waals surface area contributed by atoms with Crippen LogP contribution in [0.3, 0.4) is 0 Å². The fourth-order valence-corrected chi connectivity index (χ4v) is 2.90. The van der Waals surface area contributed by atoms with Gasteiger partial charge in [-0.2, -0.15) is 5.10 Å². The summed E-state index contributed by atoms with van der Waals surface area (Å²) in [5.41, 5.74) is 4.39. The number of carbonyl (C=O) groups excluding carboxylic acids is 2. The molecule has 1 amide bonds. The smallest absolute Gasteiger partial charge is 0.310 e. The summed E-state index contributed by atoms with van der Waals surface area (Å²) in [4.78, 5) is 24.2. The Hall–Kier alpha value is -2.63. The standard InChI is InChI=1S/C19H25N3O3/c1-12(10-17-13(2)21-22(4)14(17)3)20-19(24)16-9-7-6-8-15(16)11-18(23)25-5/h6-9,12H,10-11H2,1-5H3,(H,20,24)/t12-/m1/s1. The van der Waals surface area contributed by atoms with Gasteiger partial charge >= 0.3 is 5.97 Å². The van der Waals surface area contributed by atoms with Crippen LogP contribution in [0.15, 0.2) is 24.3 Å². The molecule has 25 heavy (non-hydrogen) atoms. The lowest BCUT2D eigenvalue weighted by atomic mass is 10.0. The van der Waals surface area contributed by atoms with Gasteiger partial charge in [0.2, 0.25) is 0 Å². The number of esters is 1. The van der Waals surface area contributed by atoms with Crippen molar-refractivity contribution in [3.63, 3.8) is 0 Å². The van der Waals surface area contributed by atoms with E-state index in [4.69, 9.17) is 4.74 Å². The Balaban J connectivity index is 2.10. The second-order valence-corrected chi connectivity index (χ2v) is 6.26. The number of carbonyl (C=O) groups is 2. The van der Waals surface area contributed by atoms with Crippen LogP contribution in [0.4, 0.5) is 0 Å². The fourth-order valence-electron chi connectivity index (χ4n) is 2.90. The average Bonchev–Trinajstić information content (AvgIpc) is 2.81. The van der Waals surface area contributed by atoms with Gasteiger partial charge in [-0.15, -0.1) is 0 Å². The van der Waals surface area contributed by atoms with E-state index in [0.717, 1.165) is 17.0 Å². The number of amides is 1. The van der Waals surface area contributed by atoms with E-state index in [-0.39, 0.29) is 24.3 Å². The Kier molecular flexibility index (Phi) is 5.96. The number of aryl methyl sites for hydroxylation is 2. The third kappa shape index (κ3) is 4.47. The van der Waals surface area contributed by atoms with E-state index in [0.29, 0.717) is 17.5 Å². The molecular weight excluding hydrogens is 318 g/mol. The van der Waals surface area contributed by atoms with Crippen LogP contribution in [0, 0.1) is 13.8 Å². The first-order valence-corrected chi connectivity index (χ1v) is 8.28. The molecule has 1 aromatic carbocycles. The lowest BCUT2D eigenvalue weighted by Gasteiger charge is -2.16. The molecule has 0 aliphatic rings. The fraction of sp³-hybridized carbons (Fsp3) is 0.421. The molecule has 2 rings (SSSR count). The summed E-state index contributed by atoms with van der Waals surface area (Å²) >= 11 is 0. The number of nitrogens with one attached hydrogen (secondary N) is 1. The molecule has 0 bridgehead atoms. The zero-order valence-electron chi connectivity index (χ0n) is 15.4. The number of benzene rings is 1. The normalized spacial score (nSPS) is 11.9. The average molecular weight is 343 g/mol. The van der Waals surface area contributed by atoms with Crippen molar-refractivity contribution in [2.24, 2.45) is 7.05 Å². The summed E-state index contributed by atoms with van der Waals surface area (Å²) in [6, 6.07) is 7.03. The summed E-state index contributed by atoms with van der Waals surface area (Å²) in [6.45, 7) is 5.96. The highest BCUT2D eigenvalue weighted by atomic mass is 16.5. The number of methoxy groups -OCH3 is 1. The summed E-state index contributed by atoms with van der Waals surface area (Å²) in [7, 11) is 3.25. The minimum atomic E-state index is -0.366. The highest BCUT2D eigenvalue weighted by Gasteiger charge is 2.18. The quantitative estimate of drug-likeness (QED) is 0.816. The summed E-state index contributed by atoms with van der Waals surface area (Å²) in [6.07, 6.45) is 0.783. The molecule has 0 spiro atoms. The number of ether oxygens (including phenoxy) is 1. The SMILES string of the molecule is COC(=O)Cc1ccccc1C(=O)N[C@H](C)Cc1c(C)nn(C)c1C. The van der Waals surface area contributed by atoms with E-state index in [1.165, 1.54) is 7.11 Å². The van der Waals surface area contributed by atoms with Gasteiger partial charge in [0.15, 0.2) is 0 Å². The lowest BCUT2D eigenvalue weighted by molar-refractivity contribution is -0.139. The van der Waals surface area contributed by atoms with Gasteiger partial charge in [0.1, 0.15) is 0 Å². The van der Waals surface area contributed by atoms with Gasteiger partial charge in [-0.25, -0.2) is 0 Å². The van der Waals surface area contributed by atoms with Gasteiger partial charge < -0.3 is 10.1 Å². The van der Waals surface area contributed by atoms with Crippen LogP contribution >= 0.6 is 0 Å². The summed E-state index contributed by atoms with van der Waals surface area (Å²) in [5, 5.41) is 7.42. The maximum atomic E-state index is 12.6. The van der Waals surface area contributed by atoms with Crippen LogP contribution < -0.4 is 5.32 Å². The molecule has 0 saturated heterocycles. The molecule has 1 aromatic heterocycles. The molecule has 1 atom stereocenters. The molecule has 0 aliphatic carbocycles. The first kappa shape index (κ1) is 18.7. The van der Waals surface area contributed by atoms with Crippen molar-refractivity contribution in [3.05, 3.63) is 52.3 Å². The molecule has 0 saturated carbocycles. The second kappa shape index (κ2) is 7.96. The molecule has 0 unspecified atom stereocenters. The van der Waals surface area contributed by atoms with E-state index >= 15 is 0 Å². The van der Waals surface area contributed by atoms with Crippen LogP contribution in [-0.2, 0) is 29.4 Å². The van der Waals surface area contributed by atoms with Gasteiger partial charge in [-0.3, -0.25) is 14.3 Å². The molecule has 6 heteroatoms. The second-order valence-electron chi connectivity index (χ2n) is 6.26. The highest BCUT2D eigenvalue weighted by Crippen LogP contribution is 2.15. The number of hydrogen-bond donors (Lipinski definition) is 1. The zero-order valence-corrected chi connectivity index (χ0v) is 15.4. The minimum Gasteiger partial charge on any atom is -0.469 e. The van der Waals surface area contributed by atoms with Crippen LogP contribution in [0.2, 0.25) is 0 Å². The van der Waals surface area contributed by atoms with Gasteiger partial charge in [0.25, 0.3) is 5.91 Å². The van der Waals surface area contributed by atoms with Crippen LogP contribution in [0.5, 0.6) is 0 Å². The van der Waals surface area contributed by atoms with Gasteiger partial charge in [0, 0.05) is 24.3 Å². The van der Waals surface area contributed by atoms with E-state index in [2.05, 4.69) is 10.4 Å². The third-order valence-corrected chi connectivity index (χ3v) is 4.37. The van der Waals surface area contributed by atoms with Gasteiger partial charge in [-0.1, -0.05) is 18.2 Å². The van der Waals surface area contributed by atoms with Crippen molar-refractivity contribution in [2.45, 2.75) is 39.7 Å². The van der Waals surface area contributed by atoms with Crippen molar-refractivity contribution in [1.29, 1.82) is 0 Å². The molecule has 0 fully saturated rings. The van der Waals surface area contributed by atoms with E-state index < -0.39 is 0 Å². The largest absolute Gasteiger partial charge is 0.469 e. The van der Waals surface area contributed by atoms with Crippen LogP contribution in [0.1, 0.15) is 39.8 Å². The lowest BCUT2D eigenvalue weighted by Crippen LogP contribution is -2.35. The third-order valence-electron chi connectivity index (χ3n) is 4.37. The Labute approximate surface area is 148 Å². The zero-order chi connectivity index (χ0) is 18.6. The van der Waals surface area contributed by atoms with Crippen molar-refractivity contribution < 1.29 is 14.3 Å². The maximum Gasteiger partial charge on any atom is 0.310 e. The number of hydrogen-bond acceptors (Lipinski definition) is 4. The topological polar surface area (TPSA) is 73.2 Å². The van der Waals surface area contributed by atoms with Crippen molar-refractivity contribution in [1.82, 2.24) is 15.1 Å². The number of nitrogens with zero attached hydrogens (tertiary/aromatic N) is 2. The first-order valence-electron chi connectivity index (χ1n) is 8.28. The van der Waals surface area contributed by atoms with Gasteiger partial charge in [0.05, 0.1) is 19.2 Å². The Bertz CT molecular complexity index is 780. The molecule has 1 heterocycles. The molecule has 0 radical (unpaired) electrons. The van der Waals surface area contributed by atoms with E-state index in [1.54, 1.807) is 24.3 Å². The summed E-state index contributed by atoms with van der Waals surface area (Å²) in [5.74, 6) is -0.555. The first-order chi connectivity index (χ1) is 11.8. The van der Waals surface area contributed by atoms with E-state index in [9.17, 15) is 9.59 Å². The minimum absolute atomic E-state index is 0.0553. The molecule has 1 N–H and O–H groups in total. The summed E-state index contributed by atoms with van der Waals surface area (Å²) < 4.78 is 6.55. The van der Waals surface area contributed by atoms with Crippen molar-refractivity contribution >= 4 is 11.9 Å². The monoisotopic (exact) mass is 343 g/mol. The predicted molar refractivity (Wildman–Crippen MR) is 95.5 cm³/mol. The van der Waals surface area contributed by atoms with Crippen LogP contribution in [0.25, 0.3) is 0 Å². The van der Waals surface area contributed by atoms with E-state index in [1.807, 2.05) is 32.5 Å². The number of rotatable bonds is 6. The Morgan fingerprint density at radius 2 is 1.96 bits per heavy atom. The maximum absolute atomic E-state index is 12.6. The predicted octanol–water partition coefficient (Wildman–Crippen LogP) is 2.11. The number of aromatic nitrogens is 2.